The van der Waals surface area contributed by atoms with Gasteiger partial charge < -0.3 is 10.6 Å². The second kappa shape index (κ2) is 6.57. The van der Waals surface area contributed by atoms with Crippen LogP contribution in [0, 0.1) is 0 Å². The van der Waals surface area contributed by atoms with Crippen LogP contribution in [0.1, 0.15) is 24.1 Å². The van der Waals surface area contributed by atoms with Crippen LogP contribution in [0.5, 0.6) is 0 Å². The highest BCUT2D eigenvalue weighted by Gasteiger charge is 2.51. The minimum atomic E-state index is -1.22. The van der Waals surface area contributed by atoms with E-state index in [0.717, 1.165) is 5.56 Å². The average Bonchev–Trinajstić information content (AvgIpc) is 3.04. The molecular weight excluding hydrogens is 328 g/mol. The summed E-state index contributed by atoms with van der Waals surface area (Å²) in [7, 11) is 0. The van der Waals surface area contributed by atoms with Crippen LogP contribution in [-0.4, -0.2) is 33.2 Å². The molecule has 0 saturated carbocycles. The molecule has 1 aromatic carbocycles. The van der Waals surface area contributed by atoms with E-state index in [0.29, 0.717) is 30.1 Å². The molecule has 24 heavy (non-hydrogen) atoms. The Bertz CT molecular complexity index is 751. The predicted molar refractivity (Wildman–Crippen MR) is 89.0 cm³/mol. The molecule has 0 unspecified atom stereocenters. The Morgan fingerprint density at radius 2 is 2.00 bits per heavy atom. The maximum Gasteiger partial charge on any atom is 0.249 e. The number of amides is 2. The molecule has 2 aromatic rings. The first-order valence-corrected chi connectivity index (χ1v) is 8.03. The van der Waals surface area contributed by atoms with Gasteiger partial charge in [0.05, 0.1) is 18.3 Å². The first-order valence-electron chi connectivity index (χ1n) is 7.65. The van der Waals surface area contributed by atoms with Crippen molar-refractivity contribution in [1.82, 2.24) is 14.9 Å². The third-order valence-corrected chi connectivity index (χ3v) is 4.60. The minimum Gasteiger partial charge on any atom is -0.367 e. The standard InChI is InChI=1S/C17H17ClN4O2/c18-13-4-2-12(3-5-13)10-15(23)22-9-1-6-17(22,16(19)24)14-11-20-7-8-21-14/h2-5,7-8,11H,1,6,9-10H2,(H2,19,24)/t17-/m0/s1. The van der Waals surface area contributed by atoms with E-state index in [-0.39, 0.29) is 12.3 Å². The van der Waals surface area contributed by atoms with Crippen molar-refractivity contribution >= 4 is 23.4 Å². The summed E-state index contributed by atoms with van der Waals surface area (Å²) >= 11 is 5.87. The van der Waals surface area contributed by atoms with E-state index in [1.54, 1.807) is 24.3 Å². The zero-order chi connectivity index (χ0) is 17.2. The van der Waals surface area contributed by atoms with E-state index < -0.39 is 11.4 Å². The minimum absolute atomic E-state index is 0.167. The van der Waals surface area contributed by atoms with Gasteiger partial charge in [-0.05, 0) is 30.5 Å². The van der Waals surface area contributed by atoms with Gasteiger partial charge in [-0.3, -0.25) is 19.6 Å². The highest BCUT2D eigenvalue weighted by atomic mass is 35.5. The summed E-state index contributed by atoms with van der Waals surface area (Å²) in [5.41, 5.74) is 5.71. The molecule has 124 valence electrons. The molecule has 1 saturated heterocycles. The lowest BCUT2D eigenvalue weighted by atomic mass is 9.90. The molecule has 0 radical (unpaired) electrons. The topological polar surface area (TPSA) is 89.2 Å². The molecule has 1 atom stereocenters. The van der Waals surface area contributed by atoms with E-state index in [9.17, 15) is 9.59 Å². The molecule has 1 fully saturated rings. The smallest absolute Gasteiger partial charge is 0.249 e. The largest absolute Gasteiger partial charge is 0.367 e. The number of hydrogen-bond acceptors (Lipinski definition) is 4. The summed E-state index contributed by atoms with van der Waals surface area (Å²) in [6.45, 7) is 0.464. The van der Waals surface area contributed by atoms with Crippen molar-refractivity contribution in [3.63, 3.8) is 0 Å². The van der Waals surface area contributed by atoms with Gasteiger partial charge in [-0.25, -0.2) is 0 Å². The lowest BCUT2D eigenvalue weighted by molar-refractivity contribution is -0.144. The van der Waals surface area contributed by atoms with Crippen LogP contribution in [0.4, 0.5) is 0 Å². The highest BCUT2D eigenvalue weighted by Crippen LogP contribution is 2.38. The molecule has 6 nitrogen and oxygen atoms in total. The van der Waals surface area contributed by atoms with Gasteiger partial charge in [-0.2, -0.15) is 0 Å². The molecule has 7 heteroatoms. The van der Waals surface area contributed by atoms with Crippen molar-refractivity contribution in [2.45, 2.75) is 24.8 Å². The molecule has 2 heterocycles. The van der Waals surface area contributed by atoms with Crippen LogP contribution in [0.25, 0.3) is 0 Å². The summed E-state index contributed by atoms with van der Waals surface area (Å²) in [6, 6.07) is 7.06. The highest BCUT2D eigenvalue weighted by molar-refractivity contribution is 6.30. The fraction of sp³-hybridized carbons (Fsp3) is 0.294. The Morgan fingerprint density at radius 1 is 1.25 bits per heavy atom. The number of halogens is 1. The number of hydrogen-bond donors (Lipinski definition) is 1. The summed E-state index contributed by atoms with van der Waals surface area (Å²) < 4.78 is 0. The number of nitrogens with two attached hydrogens (primary N) is 1. The molecule has 0 aliphatic carbocycles. The van der Waals surface area contributed by atoms with Crippen LogP contribution in [-0.2, 0) is 21.5 Å². The zero-order valence-electron chi connectivity index (χ0n) is 13.0. The Balaban J connectivity index is 1.91. The van der Waals surface area contributed by atoms with Crippen LogP contribution in [0.3, 0.4) is 0 Å². The first kappa shape index (κ1) is 16.4. The fourth-order valence-corrected chi connectivity index (χ4v) is 3.32. The van der Waals surface area contributed by atoms with E-state index in [2.05, 4.69) is 9.97 Å². The predicted octanol–water partition coefficient (Wildman–Crippen LogP) is 1.68. The maximum absolute atomic E-state index is 12.8. The quantitative estimate of drug-likeness (QED) is 0.913. The number of nitrogens with zero attached hydrogens (tertiary/aromatic N) is 3. The Kier molecular flexibility index (Phi) is 4.49. The van der Waals surface area contributed by atoms with Crippen LogP contribution in [0.2, 0.25) is 5.02 Å². The SMILES string of the molecule is NC(=O)[C@@]1(c2cnccn2)CCCN1C(=O)Cc1ccc(Cl)cc1. The van der Waals surface area contributed by atoms with Crippen molar-refractivity contribution in [1.29, 1.82) is 0 Å². The lowest BCUT2D eigenvalue weighted by Gasteiger charge is -2.35. The normalized spacial score (nSPS) is 20.1. The van der Waals surface area contributed by atoms with Gasteiger partial charge in [-0.1, -0.05) is 23.7 Å². The molecule has 1 aliphatic heterocycles. The van der Waals surface area contributed by atoms with Crippen LogP contribution >= 0.6 is 11.6 Å². The van der Waals surface area contributed by atoms with Gasteiger partial charge >= 0.3 is 0 Å². The van der Waals surface area contributed by atoms with Gasteiger partial charge in [0, 0.05) is 24.0 Å². The molecular formula is C17H17ClN4O2. The maximum atomic E-state index is 12.8. The van der Waals surface area contributed by atoms with E-state index >= 15 is 0 Å². The zero-order valence-corrected chi connectivity index (χ0v) is 13.7. The summed E-state index contributed by atoms with van der Waals surface area (Å²) in [5.74, 6) is -0.746. The van der Waals surface area contributed by atoms with Gasteiger partial charge in [0.1, 0.15) is 0 Å². The van der Waals surface area contributed by atoms with Crippen molar-refractivity contribution in [3.05, 3.63) is 59.1 Å². The number of primary amides is 1. The van der Waals surface area contributed by atoms with Crippen molar-refractivity contribution in [2.24, 2.45) is 5.73 Å². The third kappa shape index (κ3) is 2.85. The Labute approximate surface area is 144 Å². The van der Waals surface area contributed by atoms with E-state index in [1.807, 2.05) is 0 Å². The third-order valence-electron chi connectivity index (χ3n) is 4.35. The number of likely N-dealkylation sites (tertiary alicyclic amines) is 1. The van der Waals surface area contributed by atoms with Gasteiger partial charge in [0.15, 0.2) is 5.54 Å². The summed E-state index contributed by atoms with van der Waals surface area (Å²) in [5, 5.41) is 0.610. The molecule has 1 aromatic heterocycles. The second-order valence-electron chi connectivity index (χ2n) is 5.77. The molecule has 2 amide bonds. The Hall–Kier alpha value is -2.47. The summed E-state index contributed by atoms with van der Waals surface area (Å²) in [6.07, 6.45) is 5.83. The lowest BCUT2D eigenvalue weighted by Crippen LogP contribution is -2.54. The molecule has 0 spiro atoms. The molecule has 2 N–H and O–H groups in total. The molecule has 0 bridgehead atoms. The Morgan fingerprint density at radius 3 is 2.62 bits per heavy atom. The summed E-state index contributed by atoms with van der Waals surface area (Å²) in [4.78, 5) is 34.9. The fourth-order valence-electron chi connectivity index (χ4n) is 3.19. The van der Waals surface area contributed by atoms with Gasteiger partial charge in [0.2, 0.25) is 11.8 Å². The van der Waals surface area contributed by atoms with Crippen LogP contribution < -0.4 is 5.73 Å². The number of aromatic nitrogens is 2. The number of carbonyl (C=O) groups is 2. The van der Waals surface area contributed by atoms with Crippen LogP contribution in [0.15, 0.2) is 42.9 Å². The monoisotopic (exact) mass is 344 g/mol. The van der Waals surface area contributed by atoms with Gasteiger partial charge in [-0.15, -0.1) is 0 Å². The first-order chi connectivity index (χ1) is 11.5. The number of carbonyl (C=O) groups excluding carboxylic acids is 2. The molecule has 3 rings (SSSR count). The second-order valence-corrected chi connectivity index (χ2v) is 6.20. The van der Waals surface area contributed by atoms with Gasteiger partial charge in [0.25, 0.3) is 0 Å². The number of benzene rings is 1. The molecule has 1 aliphatic rings. The van der Waals surface area contributed by atoms with Crippen molar-refractivity contribution in [3.8, 4) is 0 Å². The average molecular weight is 345 g/mol. The number of rotatable bonds is 4. The van der Waals surface area contributed by atoms with Crippen molar-refractivity contribution in [2.75, 3.05) is 6.54 Å². The van der Waals surface area contributed by atoms with E-state index in [1.165, 1.54) is 23.5 Å². The van der Waals surface area contributed by atoms with Crippen molar-refractivity contribution < 1.29 is 9.59 Å². The van der Waals surface area contributed by atoms with E-state index in [4.69, 9.17) is 17.3 Å².